The molecule has 4 heteroatoms. The van der Waals surface area contributed by atoms with Gasteiger partial charge in [0, 0.05) is 24.8 Å². The van der Waals surface area contributed by atoms with Crippen molar-refractivity contribution in [1.29, 1.82) is 0 Å². The molecule has 1 aliphatic heterocycles. The van der Waals surface area contributed by atoms with Crippen LogP contribution in [0, 0.1) is 0 Å². The van der Waals surface area contributed by atoms with Gasteiger partial charge in [-0.05, 0) is 31.7 Å². The summed E-state index contributed by atoms with van der Waals surface area (Å²) in [5.41, 5.74) is 0.895. The van der Waals surface area contributed by atoms with E-state index in [1.54, 1.807) is 13.2 Å². The second-order valence-corrected chi connectivity index (χ2v) is 5.78. The fourth-order valence-electron chi connectivity index (χ4n) is 3.07. The summed E-state index contributed by atoms with van der Waals surface area (Å²) in [5, 5.41) is 13.7. The average molecular weight is 293 g/mol. The highest BCUT2D eigenvalue weighted by atomic mass is 16.5. The van der Waals surface area contributed by atoms with Gasteiger partial charge in [-0.3, -0.25) is 0 Å². The van der Waals surface area contributed by atoms with Crippen molar-refractivity contribution < 1.29 is 14.6 Å². The molecular weight excluding hydrogens is 266 g/mol. The Morgan fingerprint density at radius 2 is 2.14 bits per heavy atom. The summed E-state index contributed by atoms with van der Waals surface area (Å²) in [7, 11) is 1.57. The Bertz CT molecular complexity index is 457. The maximum atomic E-state index is 10.1. The van der Waals surface area contributed by atoms with Gasteiger partial charge >= 0.3 is 0 Å². The van der Waals surface area contributed by atoms with Gasteiger partial charge in [0.25, 0.3) is 0 Å². The summed E-state index contributed by atoms with van der Waals surface area (Å²) >= 11 is 0. The van der Waals surface area contributed by atoms with Crippen molar-refractivity contribution in [3.8, 4) is 11.5 Å². The van der Waals surface area contributed by atoms with Crippen molar-refractivity contribution in [1.82, 2.24) is 5.32 Å². The molecule has 1 aliphatic rings. The van der Waals surface area contributed by atoms with Crippen molar-refractivity contribution in [2.45, 2.75) is 57.7 Å². The van der Waals surface area contributed by atoms with Crippen LogP contribution in [0.4, 0.5) is 0 Å². The van der Waals surface area contributed by atoms with Crippen molar-refractivity contribution in [2.24, 2.45) is 0 Å². The Balaban J connectivity index is 1.97. The highest BCUT2D eigenvalue weighted by Crippen LogP contribution is 2.32. The van der Waals surface area contributed by atoms with Crippen molar-refractivity contribution in [2.75, 3.05) is 13.7 Å². The first-order valence-corrected chi connectivity index (χ1v) is 7.86. The molecule has 1 saturated heterocycles. The monoisotopic (exact) mass is 293 g/mol. The predicted molar refractivity (Wildman–Crippen MR) is 83.8 cm³/mol. The van der Waals surface area contributed by atoms with Crippen LogP contribution in [0.25, 0.3) is 0 Å². The molecular formula is C17H27NO3. The van der Waals surface area contributed by atoms with Crippen molar-refractivity contribution in [3.05, 3.63) is 23.8 Å². The number of benzene rings is 1. The van der Waals surface area contributed by atoms with E-state index in [1.165, 1.54) is 0 Å². The van der Waals surface area contributed by atoms with Crippen LogP contribution in [-0.2, 0) is 11.3 Å². The van der Waals surface area contributed by atoms with Gasteiger partial charge in [-0.1, -0.05) is 26.0 Å². The standard InChI is InChI=1S/C17H27NO3/c1-4-17(5-2)11-14(9-10-21-17)18-12-13-7-6-8-15(20-3)16(13)19/h6-8,14,18-19H,4-5,9-12H2,1-3H3. The lowest BCUT2D eigenvalue weighted by atomic mass is 9.86. The van der Waals surface area contributed by atoms with Crippen LogP contribution in [0.1, 0.15) is 45.1 Å². The van der Waals surface area contributed by atoms with Gasteiger partial charge in [-0.2, -0.15) is 0 Å². The largest absolute Gasteiger partial charge is 0.504 e. The van der Waals surface area contributed by atoms with Gasteiger partial charge in [-0.25, -0.2) is 0 Å². The summed E-state index contributed by atoms with van der Waals surface area (Å²) in [6.07, 6.45) is 4.15. The first-order valence-electron chi connectivity index (χ1n) is 7.86. The molecule has 4 nitrogen and oxygen atoms in total. The molecule has 1 aromatic carbocycles. The Morgan fingerprint density at radius 1 is 1.38 bits per heavy atom. The highest BCUT2D eigenvalue weighted by Gasteiger charge is 2.34. The Labute approximate surface area is 127 Å². The number of hydrogen-bond acceptors (Lipinski definition) is 4. The number of methoxy groups -OCH3 is 1. The molecule has 1 fully saturated rings. The number of phenolic OH excluding ortho intramolecular Hbond substituents is 1. The fraction of sp³-hybridized carbons (Fsp3) is 0.647. The van der Waals surface area contributed by atoms with Crippen molar-refractivity contribution in [3.63, 3.8) is 0 Å². The van der Waals surface area contributed by atoms with Crippen LogP contribution in [0.3, 0.4) is 0 Å². The molecule has 1 aromatic rings. The van der Waals surface area contributed by atoms with E-state index in [4.69, 9.17) is 9.47 Å². The van der Waals surface area contributed by atoms with Crippen LogP contribution in [0.15, 0.2) is 18.2 Å². The summed E-state index contributed by atoms with van der Waals surface area (Å²) in [6, 6.07) is 6.04. The van der Waals surface area contributed by atoms with Crippen LogP contribution >= 0.6 is 0 Å². The number of aromatic hydroxyl groups is 1. The van der Waals surface area contributed by atoms with E-state index in [0.717, 1.165) is 37.9 Å². The molecule has 0 spiro atoms. The van der Waals surface area contributed by atoms with Crippen LogP contribution < -0.4 is 10.1 Å². The smallest absolute Gasteiger partial charge is 0.162 e. The number of nitrogens with one attached hydrogen (secondary N) is 1. The third-order valence-corrected chi connectivity index (χ3v) is 4.67. The Hall–Kier alpha value is -1.26. The number of ether oxygens (including phenoxy) is 2. The second kappa shape index (κ2) is 7.14. The van der Waals surface area contributed by atoms with Gasteiger partial charge in [-0.15, -0.1) is 0 Å². The Morgan fingerprint density at radius 3 is 2.81 bits per heavy atom. The van der Waals surface area contributed by atoms with Gasteiger partial charge < -0.3 is 19.9 Å². The number of hydrogen-bond donors (Lipinski definition) is 2. The minimum absolute atomic E-state index is 0.0202. The van der Waals surface area contributed by atoms with Crippen LogP contribution in [0.5, 0.6) is 11.5 Å². The minimum Gasteiger partial charge on any atom is -0.504 e. The molecule has 1 heterocycles. The molecule has 2 rings (SSSR count). The first-order chi connectivity index (χ1) is 10.1. The maximum absolute atomic E-state index is 10.1. The highest BCUT2D eigenvalue weighted by molar-refractivity contribution is 5.45. The Kier molecular flexibility index (Phi) is 5.48. The van der Waals surface area contributed by atoms with E-state index in [2.05, 4.69) is 19.2 Å². The second-order valence-electron chi connectivity index (χ2n) is 5.78. The molecule has 2 N–H and O–H groups in total. The third-order valence-electron chi connectivity index (χ3n) is 4.67. The molecule has 0 saturated carbocycles. The molecule has 0 aliphatic carbocycles. The van der Waals surface area contributed by atoms with Crippen LogP contribution in [-0.4, -0.2) is 30.5 Å². The summed E-state index contributed by atoms with van der Waals surface area (Å²) < 4.78 is 11.1. The molecule has 21 heavy (non-hydrogen) atoms. The third kappa shape index (κ3) is 3.69. The number of para-hydroxylation sites is 1. The molecule has 0 radical (unpaired) electrons. The molecule has 1 unspecified atom stereocenters. The first kappa shape index (κ1) is 16.1. The number of rotatable bonds is 6. The zero-order valence-corrected chi connectivity index (χ0v) is 13.3. The minimum atomic E-state index is 0.0202. The predicted octanol–water partition coefficient (Wildman–Crippen LogP) is 3.23. The molecule has 0 aromatic heterocycles. The SMILES string of the molecule is CCC1(CC)CC(NCc2cccc(OC)c2O)CCO1. The average Bonchev–Trinajstić information content (AvgIpc) is 2.54. The molecule has 118 valence electrons. The normalized spacial score (nSPS) is 21.2. The van der Waals surface area contributed by atoms with Crippen molar-refractivity contribution >= 4 is 0 Å². The summed E-state index contributed by atoms with van der Waals surface area (Å²) in [4.78, 5) is 0. The van der Waals surface area contributed by atoms with Crippen LogP contribution in [0.2, 0.25) is 0 Å². The van der Waals surface area contributed by atoms with E-state index in [1.807, 2.05) is 12.1 Å². The van der Waals surface area contributed by atoms with E-state index < -0.39 is 0 Å². The van der Waals surface area contributed by atoms with Gasteiger partial charge in [0.15, 0.2) is 11.5 Å². The van der Waals surface area contributed by atoms with E-state index in [-0.39, 0.29) is 11.4 Å². The quantitative estimate of drug-likeness (QED) is 0.845. The van der Waals surface area contributed by atoms with Gasteiger partial charge in [0.2, 0.25) is 0 Å². The zero-order chi connectivity index (χ0) is 15.3. The topological polar surface area (TPSA) is 50.7 Å². The van der Waals surface area contributed by atoms with Gasteiger partial charge in [0.1, 0.15) is 0 Å². The molecule has 0 bridgehead atoms. The van der Waals surface area contributed by atoms with Gasteiger partial charge in [0.05, 0.1) is 12.7 Å². The molecule has 0 amide bonds. The van der Waals surface area contributed by atoms with E-state index >= 15 is 0 Å². The summed E-state index contributed by atoms with van der Waals surface area (Å²) in [5.74, 6) is 0.759. The van der Waals surface area contributed by atoms with E-state index in [9.17, 15) is 5.11 Å². The summed E-state index contributed by atoms with van der Waals surface area (Å²) in [6.45, 7) is 5.85. The lowest BCUT2D eigenvalue weighted by molar-refractivity contribution is -0.0932. The lowest BCUT2D eigenvalue weighted by Crippen LogP contribution is -2.46. The molecule has 1 atom stereocenters. The lowest BCUT2D eigenvalue weighted by Gasteiger charge is -2.40. The zero-order valence-electron chi connectivity index (χ0n) is 13.3. The fourth-order valence-corrected chi connectivity index (χ4v) is 3.07. The number of phenols is 1. The van der Waals surface area contributed by atoms with E-state index in [0.29, 0.717) is 18.3 Å². The maximum Gasteiger partial charge on any atom is 0.162 e.